The minimum absolute atomic E-state index is 0.283. The van der Waals surface area contributed by atoms with Crippen molar-refractivity contribution in [3.63, 3.8) is 0 Å². The average Bonchev–Trinajstić information content (AvgIpc) is 2.42. The lowest BCUT2D eigenvalue weighted by molar-refractivity contribution is 0.191. The minimum atomic E-state index is -0.287. The van der Waals surface area contributed by atoms with E-state index in [0.717, 1.165) is 37.4 Å². The summed E-state index contributed by atoms with van der Waals surface area (Å²) in [6.45, 7) is 6.33. The number of ether oxygens (including phenoxy) is 1. The van der Waals surface area contributed by atoms with Crippen LogP contribution in [0.3, 0.4) is 0 Å². The molecule has 0 saturated heterocycles. The molecule has 0 saturated carbocycles. The molecule has 0 aliphatic carbocycles. The Labute approximate surface area is 115 Å². The van der Waals surface area contributed by atoms with E-state index < -0.39 is 0 Å². The molecule has 1 aliphatic heterocycles. The van der Waals surface area contributed by atoms with Gasteiger partial charge in [0.1, 0.15) is 11.9 Å². The van der Waals surface area contributed by atoms with E-state index in [4.69, 9.17) is 9.84 Å². The highest BCUT2D eigenvalue weighted by molar-refractivity contribution is 5.59. The Hall–Kier alpha value is -1.26. The molecule has 1 aromatic carbocycles. The predicted molar refractivity (Wildman–Crippen MR) is 77.9 cm³/mol. The summed E-state index contributed by atoms with van der Waals surface area (Å²) in [5, 5.41) is 15.8. The van der Waals surface area contributed by atoms with Crippen LogP contribution in [0.2, 0.25) is 0 Å². The lowest BCUT2D eigenvalue weighted by Crippen LogP contribution is -2.30. The average molecular weight is 264 g/mol. The van der Waals surface area contributed by atoms with Gasteiger partial charge in [-0.3, -0.25) is 0 Å². The van der Waals surface area contributed by atoms with Crippen LogP contribution in [-0.4, -0.2) is 36.9 Å². The van der Waals surface area contributed by atoms with Crippen LogP contribution in [0.5, 0.6) is 5.75 Å². The third-order valence-corrected chi connectivity index (χ3v) is 3.34. The monoisotopic (exact) mass is 264 g/mol. The van der Waals surface area contributed by atoms with Crippen molar-refractivity contribution in [1.29, 1.82) is 0 Å². The van der Waals surface area contributed by atoms with Gasteiger partial charge in [0.2, 0.25) is 0 Å². The van der Waals surface area contributed by atoms with E-state index in [2.05, 4.69) is 29.7 Å². The molecule has 2 atom stereocenters. The highest BCUT2D eigenvalue weighted by Gasteiger charge is 2.17. The fourth-order valence-electron chi connectivity index (χ4n) is 2.19. The van der Waals surface area contributed by atoms with Gasteiger partial charge in [-0.15, -0.1) is 0 Å². The van der Waals surface area contributed by atoms with Crippen LogP contribution in [0.4, 0.5) is 5.69 Å². The lowest BCUT2D eigenvalue weighted by atomic mass is 10.1. The molecule has 106 valence electrons. The van der Waals surface area contributed by atoms with Crippen LogP contribution < -0.4 is 15.4 Å². The van der Waals surface area contributed by atoms with Gasteiger partial charge in [0.05, 0.1) is 18.3 Å². The van der Waals surface area contributed by atoms with E-state index >= 15 is 0 Å². The van der Waals surface area contributed by atoms with Crippen LogP contribution in [0, 0.1) is 0 Å². The number of hydrogen-bond donors (Lipinski definition) is 3. The predicted octanol–water partition coefficient (Wildman–Crippen LogP) is 1.78. The normalized spacial score (nSPS) is 19.2. The van der Waals surface area contributed by atoms with Gasteiger partial charge in [0, 0.05) is 6.54 Å². The highest BCUT2D eigenvalue weighted by Crippen LogP contribution is 2.30. The third-order valence-electron chi connectivity index (χ3n) is 3.34. The zero-order valence-electron chi connectivity index (χ0n) is 11.8. The maximum atomic E-state index is 9.17. The zero-order valence-corrected chi connectivity index (χ0v) is 11.8. The fraction of sp³-hybridized carbons (Fsp3) is 0.600. The molecule has 4 nitrogen and oxygen atoms in total. The number of benzene rings is 1. The van der Waals surface area contributed by atoms with Crippen LogP contribution in [0.1, 0.15) is 25.8 Å². The molecule has 2 unspecified atom stereocenters. The van der Waals surface area contributed by atoms with Crippen molar-refractivity contribution in [2.24, 2.45) is 0 Å². The number of anilines is 1. The minimum Gasteiger partial charge on any atom is -0.486 e. The maximum Gasteiger partial charge on any atom is 0.142 e. The molecule has 2 rings (SSSR count). The Morgan fingerprint density at radius 2 is 2.37 bits per heavy atom. The molecule has 1 aromatic rings. The van der Waals surface area contributed by atoms with Gasteiger partial charge in [-0.2, -0.15) is 0 Å². The molecule has 0 radical (unpaired) electrons. The Bertz CT molecular complexity index is 407. The highest BCUT2D eigenvalue weighted by atomic mass is 16.5. The Morgan fingerprint density at radius 1 is 1.53 bits per heavy atom. The number of hydrogen-bond acceptors (Lipinski definition) is 4. The largest absolute Gasteiger partial charge is 0.486 e. The molecule has 0 spiro atoms. The first-order chi connectivity index (χ1) is 9.19. The van der Waals surface area contributed by atoms with Gasteiger partial charge >= 0.3 is 0 Å². The van der Waals surface area contributed by atoms with Gasteiger partial charge < -0.3 is 20.5 Å². The van der Waals surface area contributed by atoms with E-state index in [1.165, 1.54) is 5.56 Å². The van der Waals surface area contributed by atoms with Crippen molar-refractivity contribution >= 4 is 5.69 Å². The van der Waals surface area contributed by atoms with Crippen molar-refractivity contribution in [3.05, 3.63) is 23.8 Å². The fourth-order valence-corrected chi connectivity index (χ4v) is 2.19. The smallest absolute Gasteiger partial charge is 0.142 e. The van der Waals surface area contributed by atoms with Crippen molar-refractivity contribution in [2.75, 3.05) is 25.0 Å². The molecule has 1 heterocycles. The summed E-state index contributed by atoms with van der Waals surface area (Å²) in [4.78, 5) is 0. The first kappa shape index (κ1) is 14.2. The van der Waals surface area contributed by atoms with E-state index in [0.29, 0.717) is 6.54 Å². The number of aliphatic hydroxyl groups is 1. The molecule has 0 amide bonds. The molecule has 0 fully saturated rings. The molecule has 3 N–H and O–H groups in total. The van der Waals surface area contributed by atoms with Gasteiger partial charge in [0.15, 0.2) is 0 Å². The summed E-state index contributed by atoms with van der Waals surface area (Å²) in [5.74, 6) is 0.957. The summed E-state index contributed by atoms with van der Waals surface area (Å²) in [5.41, 5.74) is 2.38. The second kappa shape index (κ2) is 6.78. The van der Waals surface area contributed by atoms with E-state index in [-0.39, 0.29) is 12.2 Å². The molecule has 4 heteroatoms. The molecule has 0 bridgehead atoms. The summed E-state index contributed by atoms with van der Waals surface area (Å²) >= 11 is 0. The van der Waals surface area contributed by atoms with Crippen molar-refractivity contribution in [3.8, 4) is 5.75 Å². The van der Waals surface area contributed by atoms with Crippen LogP contribution >= 0.6 is 0 Å². The maximum absolute atomic E-state index is 9.17. The number of aliphatic hydroxyl groups excluding tert-OH is 1. The second-order valence-corrected chi connectivity index (χ2v) is 5.16. The summed E-state index contributed by atoms with van der Waals surface area (Å²) in [7, 11) is 0. The summed E-state index contributed by atoms with van der Waals surface area (Å²) in [6, 6.07) is 6.32. The Morgan fingerprint density at radius 3 is 3.11 bits per heavy atom. The number of nitrogens with one attached hydrogen (secondary N) is 2. The van der Waals surface area contributed by atoms with Gasteiger partial charge in [0.25, 0.3) is 0 Å². The zero-order chi connectivity index (χ0) is 13.7. The van der Waals surface area contributed by atoms with Crippen molar-refractivity contribution in [1.82, 2.24) is 5.32 Å². The topological polar surface area (TPSA) is 53.5 Å². The standard InChI is InChI=1S/C15H24N2O2/c1-3-13-10-17-14-8-12(4-5-15(14)19-13)6-7-16-9-11(2)18/h4-5,8,11,13,16-18H,3,6-7,9-10H2,1-2H3. The van der Waals surface area contributed by atoms with Gasteiger partial charge in [-0.05, 0) is 44.0 Å². The van der Waals surface area contributed by atoms with Crippen LogP contribution in [-0.2, 0) is 6.42 Å². The van der Waals surface area contributed by atoms with Crippen molar-refractivity contribution in [2.45, 2.75) is 38.9 Å². The van der Waals surface area contributed by atoms with Gasteiger partial charge in [-0.25, -0.2) is 0 Å². The number of fused-ring (bicyclic) bond motifs is 1. The van der Waals surface area contributed by atoms with Gasteiger partial charge in [-0.1, -0.05) is 13.0 Å². The second-order valence-electron chi connectivity index (χ2n) is 5.16. The first-order valence-corrected chi connectivity index (χ1v) is 7.11. The summed E-state index contributed by atoms with van der Waals surface area (Å²) < 4.78 is 5.88. The lowest BCUT2D eigenvalue weighted by Gasteiger charge is -2.27. The SMILES string of the molecule is CCC1CNc2cc(CCNCC(C)O)ccc2O1. The Balaban J connectivity index is 1.87. The molecular formula is C15H24N2O2. The molecule has 1 aliphatic rings. The van der Waals surface area contributed by atoms with E-state index in [9.17, 15) is 0 Å². The number of rotatable bonds is 6. The Kier molecular flexibility index (Phi) is 5.05. The van der Waals surface area contributed by atoms with Crippen LogP contribution in [0.25, 0.3) is 0 Å². The van der Waals surface area contributed by atoms with E-state index in [1.54, 1.807) is 6.92 Å². The molecule has 19 heavy (non-hydrogen) atoms. The van der Waals surface area contributed by atoms with Crippen LogP contribution in [0.15, 0.2) is 18.2 Å². The summed E-state index contributed by atoms with van der Waals surface area (Å²) in [6.07, 6.45) is 1.98. The van der Waals surface area contributed by atoms with E-state index in [1.807, 2.05) is 6.07 Å². The quantitative estimate of drug-likeness (QED) is 0.686. The first-order valence-electron chi connectivity index (χ1n) is 7.11. The molecule has 0 aromatic heterocycles. The van der Waals surface area contributed by atoms with Crippen molar-refractivity contribution < 1.29 is 9.84 Å². The molecular weight excluding hydrogens is 240 g/mol. The third kappa shape index (κ3) is 4.11.